The van der Waals surface area contributed by atoms with Gasteiger partial charge in [0.15, 0.2) is 0 Å². The number of aromatic nitrogens is 3. The van der Waals surface area contributed by atoms with E-state index in [2.05, 4.69) is 29.0 Å². The number of nitrogen functional groups attached to an aromatic ring is 1. The highest BCUT2D eigenvalue weighted by Gasteiger charge is 2.32. The molecule has 1 aromatic heterocycles. The highest BCUT2D eigenvalue weighted by atomic mass is 32.2. The third-order valence-electron chi connectivity index (χ3n) is 3.56. The fourth-order valence-electron chi connectivity index (χ4n) is 2.58. The SMILES string of the molecule is C[C@@H](Sc1n[nH]c(N)n1)C(=O)N1[C@@H](C)CCC[C@@H]1C. The zero-order chi connectivity index (χ0) is 14.0. The molecule has 7 heteroatoms. The van der Waals surface area contributed by atoms with Crippen LogP contribution in [0.4, 0.5) is 5.95 Å². The normalized spacial score (nSPS) is 25.3. The van der Waals surface area contributed by atoms with Gasteiger partial charge in [0.05, 0.1) is 5.25 Å². The van der Waals surface area contributed by atoms with E-state index in [1.807, 2.05) is 11.8 Å². The fourth-order valence-corrected chi connectivity index (χ4v) is 3.37. The quantitative estimate of drug-likeness (QED) is 0.824. The number of anilines is 1. The molecule has 0 unspecified atom stereocenters. The van der Waals surface area contributed by atoms with E-state index in [1.165, 1.54) is 18.2 Å². The maximum Gasteiger partial charge on any atom is 0.236 e. The molecule has 1 aromatic rings. The first kappa shape index (κ1) is 14.2. The second-order valence-corrected chi connectivity index (χ2v) is 6.45. The topological polar surface area (TPSA) is 87.9 Å². The molecule has 19 heavy (non-hydrogen) atoms. The smallest absolute Gasteiger partial charge is 0.236 e. The molecule has 1 amide bonds. The van der Waals surface area contributed by atoms with E-state index in [0.717, 1.165) is 12.8 Å². The van der Waals surface area contributed by atoms with E-state index in [1.54, 1.807) is 0 Å². The van der Waals surface area contributed by atoms with E-state index in [9.17, 15) is 4.79 Å². The second-order valence-electron chi connectivity index (χ2n) is 5.14. The summed E-state index contributed by atoms with van der Waals surface area (Å²) in [5.74, 6) is 0.440. The van der Waals surface area contributed by atoms with Crippen molar-refractivity contribution in [3.05, 3.63) is 0 Å². The van der Waals surface area contributed by atoms with Crippen molar-refractivity contribution in [2.75, 3.05) is 5.73 Å². The van der Waals surface area contributed by atoms with Gasteiger partial charge in [0, 0.05) is 12.1 Å². The Labute approximate surface area is 117 Å². The second kappa shape index (κ2) is 5.81. The van der Waals surface area contributed by atoms with Crippen LogP contribution in [-0.4, -0.2) is 43.3 Å². The number of nitrogens with one attached hydrogen (secondary N) is 1. The Balaban J connectivity index is 2.01. The van der Waals surface area contributed by atoms with Gasteiger partial charge in [-0.15, -0.1) is 5.10 Å². The molecule has 6 nitrogen and oxygen atoms in total. The summed E-state index contributed by atoms with van der Waals surface area (Å²) in [6.45, 7) is 6.14. The molecule has 1 saturated heterocycles. The molecule has 106 valence electrons. The molecule has 1 aliphatic rings. The molecule has 1 aliphatic heterocycles. The molecule has 2 heterocycles. The Morgan fingerprint density at radius 3 is 2.63 bits per heavy atom. The van der Waals surface area contributed by atoms with E-state index in [0.29, 0.717) is 17.2 Å². The van der Waals surface area contributed by atoms with Crippen LogP contribution in [0.5, 0.6) is 0 Å². The molecule has 0 radical (unpaired) electrons. The Hall–Kier alpha value is -1.24. The summed E-state index contributed by atoms with van der Waals surface area (Å²) in [7, 11) is 0. The van der Waals surface area contributed by atoms with E-state index in [4.69, 9.17) is 5.73 Å². The lowest BCUT2D eigenvalue weighted by Crippen LogP contribution is -2.50. The van der Waals surface area contributed by atoms with Gasteiger partial charge in [0.25, 0.3) is 0 Å². The third-order valence-corrected chi connectivity index (χ3v) is 4.51. The fraction of sp³-hybridized carbons (Fsp3) is 0.750. The maximum atomic E-state index is 12.5. The number of aromatic amines is 1. The Morgan fingerprint density at radius 1 is 1.47 bits per heavy atom. The highest BCUT2D eigenvalue weighted by Crippen LogP contribution is 2.27. The van der Waals surface area contributed by atoms with Crippen LogP contribution in [0.15, 0.2) is 5.16 Å². The van der Waals surface area contributed by atoms with Gasteiger partial charge in [-0.05, 0) is 40.0 Å². The number of rotatable bonds is 3. The van der Waals surface area contributed by atoms with Gasteiger partial charge in [0.2, 0.25) is 17.0 Å². The van der Waals surface area contributed by atoms with Crippen LogP contribution < -0.4 is 5.73 Å². The minimum atomic E-state index is -0.196. The number of hydrogen-bond donors (Lipinski definition) is 2. The minimum Gasteiger partial charge on any atom is -0.368 e. The zero-order valence-corrected chi connectivity index (χ0v) is 12.4. The van der Waals surface area contributed by atoms with E-state index in [-0.39, 0.29) is 17.1 Å². The molecule has 0 bridgehead atoms. The van der Waals surface area contributed by atoms with E-state index >= 15 is 0 Å². The van der Waals surface area contributed by atoms with Gasteiger partial charge in [0.1, 0.15) is 0 Å². The standard InChI is InChI=1S/C12H21N5OS/c1-7-5-4-6-8(2)17(7)10(18)9(3)19-12-14-11(13)15-16-12/h7-9H,4-6H2,1-3H3,(H3,13,14,15,16)/t7-,8-,9+/m0/s1. The van der Waals surface area contributed by atoms with Crippen LogP contribution in [0, 0.1) is 0 Å². The van der Waals surface area contributed by atoms with E-state index < -0.39 is 0 Å². The number of nitrogens with two attached hydrogens (primary N) is 1. The summed E-state index contributed by atoms with van der Waals surface area (Å²) >= 11 is 1.35. The van der Waals surface area contributed by atoms with Crippen LogP contribution in [0.25, 0.3) is 0 Å². The minimum absolute atomic E-state index is 0.160. The van der Waals surface area contributed by atoms with Crippen LogP contribution >= 0.6 is 11.8 Å². The highest BCUT2D eigenvalue weighted by molar-refractivity contribution is 8.00. The van der Waals surface area contributed by atoms with Gasteiger partial charge in [-0.25, -0.2) is 5.10 Å². The lowest BCUT2D eigenvalue weighted by molar-refractivity contribution is -0.136. The number of hydrogen-bond acceptors (Lipinski definition) is 5. The average Bonchev–Trinajstić information content (AvgIpc) is 2.74. The first-order valence-electron chi connectivity index (χ1n) is 6.65. The molecule has 0 spiro atoms. The van der Waals surface area contributed by atoms with Crippen molar-refractivity contribution in [1.29, 1.82) is 0 Å². The molecular weight excluding hydrogens is 262 g/mol. The molecular formula is C12H21N5OS. The number of piperidine rings is 1. The first-order valence-corrected chi connectivity index (χ1v) is 7.53. The van der Waals surface area contributed by atoms with Gasteiger partial charge >= 0.3 is 0 Å². The summed E-state index contributed by atoms with van der Waals surface area (Å²) in [5.41, 5.74) is 5.48. The number of nitrogens with zero attached hydrogens (tertiary/aromatic N) is 3. The van der Waals surface area contributed by atoms with Crippen molar-refractivity contribution in [2.24, 2.45) is 0 Å². The zero-order valence-electron chi connectivity index (χ0n) is 11.6. The lowest BCUT2D eigenvalue weighted by Gasteiger charge is -2.40. The van der Waals surface area contributed by atoms with Crippen molar-refractivity contribution in [3.8, 4) is 0 Å². The van der Waals surface area contributed by atoms with Crippen molar-refractivity contribution in [1.82, 2.24) is 20.1 Å². The van der Waals surface area contributed by atoms with Crippen LogP contribution in [0.3, 0.4) is 0 Å². The molecule has 3 N–H and O–H groups in total. The Bertz CT molecular complexity index is 439. The summed E-state index contributed by atoms with van der Waals surface area (Å²) in [4.78, 5) is 18.6. The molecule has 2 rings (SSSR count). The summed E-state index contributed by atoms with van der Waals surface area (Å²) in [5, 5.41) is 6.86. The predicted octanol–water partition coefficient (Wildman–Crippen LogP) is 1.66. The Morgan fingerprint density at radius 2 is 2.11 bits per heavy atom. The first-order chi connectivity index (χ1) is 8.99. The van der Waals surface area contributed by atoms with Crippen molar-refractivity contribution >= 4 is 23.6 Å². The number of thioether (sulfide) groups is 1. The average molecular weight is 283 g/mol. The van der Waals surface area contributed by atoms with Crippen molar-refractivity contribution in [2.45, 2.75) is 62.5 Å². The van der Waals surface area contributed by atoms with Gasteiger partial charge < -0.3 is 10.6 Å². The van der Waals surface area contributed by atoms with Crippen LogP contribution in [0.1, 0.15) is 40.0 Å². The molecule has 0 saturated carbocycles. The van der Waals surface area contributed by atoms with Crippen LogP contribution in [0.2, 0.25) is 0 Å². The van der Waals surface area contributed by atoms with Crippen molar-refractivity contribution < 1.29 is 4.79 Å². The monoisotopic (exact) mass is 283 g/mol. The number of amides is 1. The number of likely N-dealkylation sites (tertiary alicyclic amines) is 1. The van der Waals surface area contributed by atoms with Crippen LogP contribution in [-0.2, 0) is 4.79 Å². The number of carbonyl (C=O) groups is 1. The maximum absolute atomic E-state index is 12.5. The molecule has 0 aromatic carbocycles. The summed E-state index contributed by atoms with van der Waals surface area (Å²) in [6, 6.07) is 0.632. The van der Waals surface area contributed by atoms with Gasteiger partial charge in [-0.1, -0.05) is 11.8 Å². The number of carbonyl (C=O) groups excluding carboxylic acids is 1. The predicted molar refractivity (Wildman–Crippen MR) is 75.7 cm³/mol. The third kappa shape index (κ3) is 3.20. The number of H-pyrrole nitrogens is 1. The van der Waals surface area contributed by atoms with Crippen molar-refractivity contribution in [3.63, 3.8) is 0 Å². The molecule has 3 atom stereocenters. The van der Waals surface area contributed by atoms with Gasteiger partial charge in [-0.2, -0.15) is 4.98 Å². The molecule has 0 aliphatic carbocycles. The lowest BCUT2D eigenvalue weighted by atomic mass is 9.97. The van der Waals surface area contributed by atoms with Gasteiger partial charge in [-0.3, -0.25) is 4.79 Å². The summed E-state index contributed by atoms with van der Waals surface area (Å²) in [6.07, 6.45) is 3.37. The molecule has 1 fully saturated rings. The summed E-state index contributed by atoms with van der Waals surface area (Å²) < 4.78 is 0. The largest absolute Gasteiger partial charge is 0.368 e. The Kier molecular flexibility index (Phi) is 4.34.